The number of nitrogens with zero attached hydrogens (tertiary/aromatic N) is 4. The van der Waals surface area contributed by atoms with Gasteiger partial charge < -0.3 is 27.4 Å². The first-order chi connectivity index (χ1) is 16.4. The number of amides is 2. The largest absolute Gasteiger partial charge is 0.382 e. The molecule has 1 aliphatic rings. The van der Waals surface area contributed by atoms with E-state index in [2.05, 4.69) is 25.6 Å². The van der Waals surface area contributed by atoms with Crippen LogP contribution in [-0.4, -0.2) is 65.4 Å². The quantitative estimate of drug-likeness (QED) is 0.137. The van der Waals surface area contributed by atoms with Gasteiger partial charge in [0.05, 0.1) is 0 Å². The highest BCUT2D eigenvalue weighted by Crippen LogP contribution is 2.17. The second kappa shape index (κ2) is 19.1. The van der Waals surface area contributed by atoms with Crippen LogP contribution >= 0.6 is 36.4 Å². The van der Waals surface area contributed by atoms with Gasteiger partial charge in [-0.3, -0.25) is 19.9 Å². The second-order valence-electron chi connectivity index (χ2n) is 8.42. The minimum absolute atomic E-state index is 0. The van der Waals surface area contributed by atoms with Crippen molar-refractivity contribution < 1.29 is 9.59 Å². The van der Waals surface area contributed by atoms with E-state index >= 15 is 0 Å². The van der Waals surface area contributed by atoms with Crippen molar-refractivity contribution in [3.05, 3.63) is 10.8 Å². The first-order valence-corrected chi connectivity index (χ1v) is 12.4. The van der Waals surface area contributed by atoms with Gasteiger partial charge in [-0.1, -0.05) is 56.5 Å². The maximum Gasteiger partial charge on any atom is 0.280 e. The van der Waals surface area contributed by atoms with E-state index in [1.54, 1.807) is 0 Å². The molecule has 1 aliphatic heterocycles. The molecule has 0 bridgehead atoms. The molecule has 0 aliphatic carbocycles. The number of unbranched alkanes of at least 4 members (excludes halogenated alkanes) is 8. The van der Waals surface area contributed by atoms with E-state index < -0.39 is 5.91 Å². The highest BCUT2D eigenvalue weighted by molar-refractivity contribution is 6.31. The Bertz CT molecular complexity index is 837. The van der Waals surface area contributed by atoms with Gasteiger partial charge in [0.15, 0.2) is 28.4 Å². The number of aromatic nitrogens is 2. The molecule has 8 N–H and O–H groups in total. The van der Waals surface area contributed by atoms with Gasteiger partial charge in [0.25, 0.3) is 5.91 Å². The molecule has 2 heterocycles. The van der Waals surface area contributed by atoms with Crippen LogP contribution in [0.5, 0.6) is 0 Å². The second-order valence-corrected chi connectivity index (χ2v) is 8.78. The van der Waals surface area contributed by atoms with Gasteiger partial charge in [0.2, 0.25) is 5.91 Å². The van der Waals surface area contributed by atoms with Crippen molar-refractivity contribution in [1.82, 2.24) is 25.5 Å². The molecule has 1 aromatic heterocycles. The van der Waals surface area contributed by atoms with Crippen LogP contribution in [0.3, 0.4) is 0 Å². The van der Waals surface area contributed by atoms with E-state index in [4.69, 9.17) is 28.8 Å². The van der Waals surface area contributed by atoms with Crippen LogP contribution in [0.1, 0.15) is 74.7 Å². The first-order valence-electron chi connectivity index (χ1n) is 12.1. The molecule has 14 heteroatoms. The molecule has 36 heavy (non-hydrogen) atoms. The predicted molar refractivity (Wildman–Crippen MR) is 150 cm³/mol. The monoisotopic (exact) mass is 567 g/mol. The Morgan fingerprint density at radius 1 is 0.917 bits per heavy atom. The lowest BCUT2D eigenvalue weighted by atomic mass is 10.1. The van der Waals surface area contributed by atoms with Crippen LogP contribution < -0.4 is 27.8 Å². The molecule has 206 valence electrons. The Hall–Kier alpha value is -2.08. The number of hydrogen-bond acceptors (Lipinski definition) is 8. The van der Waals surface area contributed by atoms with Crippen LogP contribution in [0.15, 0.2) is 4.99 Å². The third-order valence-corrected chi connectivity index (χ3v) is 5.94. The molecule has 1 fully saturated rings. The fraction of sp³-hybridized carbons (Fsp3) is 0.682. The molecule has 0 unspecified atom stereocenters. The average Bonchev–Trinajstić information content (AvgIpc) is 2.82. The van der Waals surface area contributed by atoms with Crippen molar-refractivity contribution in [2.75, 3.05) is 44.2 Å². The van der Waals surface area contributed by atoms with Crippen molar-refractivity contribution in [3.8, 4) is 0 Å². The van der Waals surface area contributed by atoms with Gasteiger partial charge in [-0.2, -0.15) is 0 Å². The minimum atomic E-state index is -0.638. The molecule has 2 amide bonds. The summed E-state index contributed by atoms with van der Waals surface area (Å²) in [5.74, 6) is -0.515. The molecule has 0 atom stereocenters. The zero-order chi connectivity index (χ0) is 24.8. The number of carbonyl (C=O) groups excluding carboxylic acids is 2. The van der Waals surface area contributed by atoms with Crippen molar-refractivity contribution in [2.24, 2.45) is 10.7 Å². The highest BCUT2D eigenvalue weighted by Gasteiger charge is 2.17. The highest BCUT2D eigenvalue weighted by atomic mass is 35.5. The number of anilines is 2. The van der Waals surface area contributed by atoms with Gasteiger partial charge in [0, 0.05) is 39.1 Å². The Morgan fingerprint density at radius 3 is 2.08 bits per heavy atom. The summed E-state index contributed by atoms with van der Waals surface area (Å²) in [6.07, 6.45) is 10.7. The topological polar surface area (TPSA) is 178 Å². The zero-order valence-corrected chi connectivity index (χ0v) is 23.0. The number of piperazine rings is 1. The van der Waals surface area contributed by atoms with Gasteiger partial charge in [-0.15, -0.1) is 24.8 Å². The van der Waals surface area contributed by atoms with Crippen LogP contribution in [0.2, 0.25) is 5.15 Å². The van der Waals surface area contributed by atoms with Crippen LogP contribution in [-0.2, 0) is 4.79 Å². The lowest BCUT2D eigenvalue weighted by Gasteiger charge is -2.27. The molecule has 1 saturated heterocycles. The Morgan fingerprint density at radius 2 is 1.47 bits per heavy atom. The number of aliphatic imine (C=N–C) groups is 1. The van der Waals surface area contributed by atoms with E-state index in [1.807, 2.05) is 4.90 Å². The fourth-order valence-corrected chi connectivity index (χ4v) is 3.85. The normalized spacial score (nSPS) is 13.5. The van der Waals surface area contributed by atoms with E-state index in [0.29, 0.717) is 18.9 Å². The van der Waals surface area contributed by atoms with Crippen molar-refractivity contribution >= 4 is 65.8 Å². The van der Waals surface area contributed by atoms with Gasteiger partial charge in [0.1, 0.15) is 0 Å². The summed E-state index contributed by atoms with van der Waals surface area (Å²) in [7, 11) is 0. The summed E-state index contributed by atoms with van der Waals surface area (Å²) >= 11 is 5.78. The number of nitrogens with two attached hydrogens (primary N) is 3. The lowest BCUT2D eigenvalue weighted by Crippen LogP contribution is -2.46. The Labute approximate surface area is 230 Å². The zero-order valence-electron chi connectivity index (χ0n) is 20.6. The molecular formula is C22H40Cl3N9O2. The van der Waals surface area contributed by atoms with E-state index in [9.17, 15) is 9.59 Å². The van der Waals surface area contributed by atoms with Crippen LogP contribution in [0.4, 0.5) is 11.6 Å². The number of nitrogen functional groups attached to an aromatic ring is 2. The molecule has 0 saturated carbocycles. The molecule has 0 radical (unpaired) electrons. The average molecular weight is 569 g/mol. The number of nitrogens with one attached hydrogen (secondary N) is 2. The molecule has 0 spiro atoms. The maximum absolute atomic E-state index is 12.2. The smallest absolute Gasteiger partial charge is 0.280 e. The molecular weight excluding hydrogens is 529 g/mol. The molecule has 11 nitrogen and oxygen atoms in total. The minimum Gasteiger partial charge on any atom is -0.382 e. The van der Waals surface area contributed by atoms with Crippen molar-refractivity contribution in [3.63, 3.8) is 0 Å². The van der Waals surface area contributed by atoms with Crippen molar-refractivity contribution in [1.29, 1.82) is 0 Å². The van der Waals surface area contributed by atoms with Crippen LogP contribution in [0.25, 0.3) is 0 Å². The fourth-order valence-electron chi connectivity index (χ4n) is 3.72. The summed E-state index contributed by atoms with van der Waals surface area (Å²) in [4.78, 5) is 38.0. The molecule has 1 aromatic rings. The van der Waals surface area contributed by atoms with E-state index in [0.717, 1.165) is 58.3 Å². The first kappa shape index (κ1) is 33.9. The molecule has 0 aromatic carbocycles. The Balaban J connectivity index is 0.00000612. The van der Waals surface area contributed by atoms with Gasteiger partial charge in [-0.25, -0.2) is 9.97 Å². The van der Waals surface area contributed by atoms with Gasteiger partial charge >= 0.3 is 0 Å². The van der Waals surface area contributed by atoms with Crippen molar-refractivity contribution in [2.45, 2.75) is 64.2 Å². The predicted octanol–water partition coefficient (Wildman–Crippen LogP) is 2.52. The number of carbonyl (C=O) groups is 2. The van der Waals surface area contributed by atoms with Gasteiger partial charge in [-0.05, 0) is 12.8 Å². The van der Waals surface area contributed by atoms with E-state index in [-0.39, 0.29) is 53.3 Å². The summed E-state index contributed by atoms with van der Waals surface area (Å²) in [6.45, 7) is 4.03. The molecule has 2 rings (SSSR count). The lowest BCUT2D eigenvalue weighted by molar-refractivity contribution is -0.131. The number of rotatable bonds is 13. The summed E-state index contributed by atoms with van der Waals surface area (Å²) in [5.41, 5.74) is 16.8. The third kappa shape index (κ3) is 12.8. The SMILES string of the molecule is Cl.Cl.NC(=NCCCCCCCCCCCC(=O)N1CCNCC1)NC(=O)c1nc(Cl)c(N)nc1N. The summed E-state index contributed by atoms with van der Waals surface area (Å²) < 4.78 is 0. The summed E-state index contributed by atoms with van der Waals surface area (Å²) in [6, 6.07) is 0. The van der Waals surface area contributed by atoms with E-state index in [1.165, 1.54) is 25.7 Å². The number of hydrogen-bond donors (Lipinski definition) is 5. The maximum atomic E-state index is 12.2. The standard InChI is InChI=1S/C22H38ClN9O2.2ClH/c23-18-20(25)30-19(24)17(29-18)21(34)31-22(26)28-11-9-7-5-3-1-2-4-6-8-10-16(33)32-14-12-27-13-15-32;;/h27H,1-15H2,(H4,24,25,30)(H3,26,28,31,34);2*1H. The summed E-state index contributed by atoms with van der Waals surface area (Å²) in [5, 5.41) is 5.59. The number of guanidine groups is 1. The van der Waals surface area contributed by atoms with Crippen LogP contribution in [0, 0.1) is 0 Å². The Kier molecular flexibility index (Phi) is 18.0. The third-order valence-electron chi connectivity index (χ3n) is 5.66. The number of halogens is 3.